The van der Waals surface area contributed by atoms with E-state index < -0.39 is 17.5 Å². The van der Waals surface area contributed by atoms with E-state index in [0.29, 0.717) is 6.42 Å². The molecule has 5 heteroatoms. The van der Waals surface area contributed by atoms with Gasteiger partial charge in [0.2, 0.25) is 0 Å². The van der Waals surface area contributed by atoms with Gasteiger partial charge >= 0.3 is 0 Å². The average molecular weight is 236 g/mol. The SMILES string of the molecule is Fc1c(Cl)cc(C2CCCN2)c(F)c1F. The molecule has 1 unspecified atom stereocenters. The summed E-state index contributed by atoms with van der Waals surface area (Å²) >= 11 is 5.46. The summed E-state index contributed by atoms with van der Waals surface area (Å²) in [6.45, 7) is 0.751. The first-order chi connectivity index (χ1) is 7.11. The topological polar surface area (TPSA) is 12.0 Å². The van der Waals surface area contributed by atoms with Crippen LogP contribution in [0, 0.1) is 17.5 Å². The van der Waals surface area contributed by atoms with Crippen LogP contribution >= 0.6 is 11.6 Å². The Morgan fingerprint density at radius 3 is 2.53 bits per heavy atom. The molecule has 1 N–H and O–H groups in total. The molecule has 15 heavy (non-hydrogen) atoms. The highest BCUT2D eigenvalue weighted by Gasteiger charge is 2.25. The zero-order valence-electron chi connectivity index (χ0n) is 7.79. The third kappa shape index (κ3) is 1.84. The van der Waals surface area contributed by atoms with Gasteiger partial charge in [-0.1, -0.05) is 11.6 Å². The Balaban J connectivity index is 2.47. The van der Waals surface area contributed by atoms with Crippen LogP contribution in [0.1, 0.15) is 24.4 Å². The zero-order chi connectivity index (χ0) is 11.0. The molecular formula is C10H9ClF3N. The van der Waals surface area contributed by atoms with Gasteiger partial charge in [-0.2, -0.15) is 0 Å². The largest absolute Gasteiger partial charge is 0.310 e. The molecule has 1 atom stereocenters. The van der Waals surface area contributed by atoms with Crippen LogP contribution in [0.15, 0.2) is 6.07 Å². The van der Waals surface area contributed by atoms with Crippen molar-refractivity contribution in [1.82, 2.24) is 5.32 Å². The third-order valence-corrected chi connectivity index (χ3v) is 2.84. The van der Waals surface area contributed by atoms with Crippen LogP contribution < -0.4 is 5.32 Å². The molecule has 0 aliphatic carbocycles. The van der Waals surface area contributed by atoms with E-state index in [0.717, 1.165) is 19.0 Å². The summed E-state index contributed by atoms with van der Waals surface area (Å²) in [5, 5.41) is 2.62. The molecule has 1 nitrogen and oxygen atoms in total. The summed E-state index contributed by atoms with van der Waals surface area (Å²) < 4.78 is 39.3. The lowest BCUT2D eigenvalue weighted by molar-refractivity contribution is 0.432. The summed E-state index contributed by atoms with van der Waals surface area (Å²) in [6, 6.07) is 0.885. The smallest absolute Gasteiger partial charge is 0.196 e. The maximum Gasteiger partial charge on any atom is 0.196 e. The van der Waals surface area contributed by atoms with E-state index in [1.165, 1.54) is 0 Å². The summed E-state index contributed by atoms with van der Waals surface area (Å²) in [7, 11) is 0. The molecule has 0 radical (unpaired) electrons. The van der Waals surface area contributed by atoms with E-state index >= 15 is 0 Å². The zero-order valence-corrected chi connectivity index (χ0v) is 8.54. The number of nitrogens with one attached hydrogen (secondary N) is 1. The molecule has 1 saturated heterocycles. The van der Waals surface area contributed by atoms with Crippen LogP contribution in [0.5, 0.6) is 0 Å². The Morgan fingerprint density at radius 2 is 1.93 bits per heavy atom. The Labute approximate surface area is 90.2 Å². The van der Waals surface area contributed by atoms with E-state index in [1.807, 2.05) is 0 Å². The fraction of sp³-hybridized carbons (Fsp3) is 0.400. The molecule has 2 rings (SSSR count). The molecule has 0 saturated carbocycles. The highest BCUT2D eigenvalue weighted by molar-refractivity contribution is 6.30. The molecule has 0 bridgehead atoms. The Kier molecular flexibility index (Phi) is 2.89. The minimum absolute atomic E-state index is 0.108. The molecule has 1 fully saturated rings. The normalized spacial score (nSPS) is 20.9. The lowest BCUT2D eigenvalue weighted by Crippen LogP contribution is -2.15. The Hall–Kier alpha value is -0.740. The second kappa shape index (κ2) is 4.02. The van der Waals surface area contributed by atoms with Gasteiger partial charge in [-0.05, 0) is 25.5 Å². The standard InChI is InChI=1S/C10H9ClF3N/c11-6-4-5(7-2-1-3-15-7)8(12)10(14)9(6)13/h4,7,15H,1-3H2. The van der Waals surface area contributed by atoms with Gasteiger partial charge < -0.3 is 5.32 Å². The summed E-state index contributed by atoms with van der Waals surface area (Å²) in [5.41, 5.74) is 0.108. The van der Waals surface area contributed by atoms with Crippen LogP contribution in [0.25, 0.3) is 0 Å². The van der Waals surface area contributed by atoms with Gasteiger partial charge in [0.05, 0.1) is 5.02 Å². The van der Waals surface area contributed by atoms with Crippen molar-refractivity contribution in [3.63, 3.8) is 0 Å². The van der Waals surface area contributed by atoms with Crippen molar-refractivity contribution >= 4 is 11.6 Å². The van der Waals surface area contributed by atoms with Crippen LogP contribution in [0.2, 0.25) is 5.02 Å². The predicted octanol–water partition coefficient (Wildman–Crippen LogP) is 3.18. The van der Waals surface area contributed by atoms with Crippen LogP contribution in [0.4, 0.5) is 13.2 Å². The monoisotopic (exact) mass is 235 g/mol. The minimum Gasteiger partial charge on any atom is -0.310 e. The molecule has 0 amide bonds. The van der Waals surface area contributed by atoms with E-state index in [9.17, 15) is 13.2 Å². The second-order valence-corrected chi connectivity index (χ2v) is 3.95. The maximum absolute atomic E-state index is 13.4. The van der Waals surface area contributed by atoms with Crippen molar-refractivity contribution in [1.29, 1.82) is 0 Å². The second-order valence-electron chi connectivity index (χ2n) is 3.54. The van der Waals surface area contributed by atoms with Crippen molar-refractivity contribution in [2.75, 3.05) is 6.54 Å². The number of hydrogen-bond donors (Lipinski definition) is 1. The molecule has 0 spiro atoms. The average Bonchev–Trinajstić information content (AvgIpc) is 2.73. The molecular weight excluding hydrogens is 227 g/mol. The van der Waals surface area contributed by atoms with Gasteiger partial charge in [-0.15, -0.1) is 0 Å². The highest BCUT2D eigenvalue weighted by Crippen LogP contribution is 2.31. The van der Waals surface area contributed by atoms with Crippen molar-refractivity contribution < 1.29 is 13.2 Å². The van der Waals surface area contributed by atoms with Crippen LogP contribution in [0.3, 0.4) is 0 Å². The number of benzene rings is 1. The van der Waals surface area contributed by atoms with E-state index in [-0.39, 0.29) is 16.6 Å². The fourth-order valence-corrected chi connectivity index (χ4v) is 2.00. The highest BCUT2D eigenvalue weighted by atomic mass is 35.5. The molecule has 1 aromatic rings. The van der Waals surface area contributed by atoms with E-state index in [4.69, 9.17) is 11.6 Å². The van der Waals surface area contributed by atoms with Gasteiger partial charge in [-0.25, -0.2) is 13.2 Å². The molecule has 1 aliphatic rings. The fourth-order valence-electron chi connectivity index (χ4n) is 1.79. The van der Waals surface area contributed by atoms with Crippen molar-refractivity contribution in [2.45, 2.75) is 18.9 Å². The van der Waals surface area contributed by atoms with Gasteiger partial charge in [-0.3, -0.25) is 0 Å². The first-order valence-corrected chi connectivity index (χ1v) is 5.05. The Morgan fingerprint density at radius 1 is 1.20 bits per heavy atom. The first kappa shape index (κ1) is 10.8. The first-order valence-electron chi connectivity index (χ1n) is 4.67. The molecule has 1 heterocycles. The molecule has 0 aromatic heterocycles. The lowest BCUT2D eigenvalue weighted by Gasteiger charge is -2.13. The molecule has 82 valence electrons. The Bertz CT molecular complexity index is 389. The quantitative estimate of drug-likeness (QED) is 0.582. The van der Waals surface area contributed by atoms with Gasteiger partial charge in [0.1, 0.15) is 0 Å². The minimum atomic E-state index is -1.49. The number of hydrogen-bond acceptors (Lipinski definition) is 1. The van der Waals surface area contributed by atoms with Crippen LogP contribution in [-0.4, -0.2) is 6.54 Å². The summed E-state index contributed by atoms with van der Waals surface area (Å²) in [4.78, 5) is 0. The predicted molar refractivity (Wildman–Crippen MR) is 51.3 cm³/mol. The van der Waals surface area contributed by atoms with Gasteiger partial charge in [0, 0.05) is 11.6 Å². The van der Waals surface area contributed by atoms with E-state index in [1.54, 1.807) is 0 Å². The summed E-state index contributed by atoms with van der Waals surface area (Å²) in [6.07, 6.45) is 1.60. The number of rotatable bonds is 1. The van der Waals surface area contributed by atoms with Gasteiger partial charge in [0.25, 0.3) is 0 Å². The number of halogens is 4. The third-order valence-electron chi connectivity index (χ3n) is 2.57. The van der Waals surface area contributed by atoms with Crippen molar-refractivity contribution in [2.24, 2.45) is 0 Å². The molecule has 1 aliphatic heterocycles. The maximum atomic E-state index is 13.4. The van der Waals surface area contributed by atoms with Gasteiger partial charge in [0.15, 0.2) is 17.5 Å². The lowest BCUT2D eigenvalue weighted by atomic mass is 10.0. The van der Waals surface area contributed by atoms with Crippen molar-refractivity contribution in [3.05, 3.63) is 34.1 Å². The summed E-state index contributed by atoms with van der Waals surface area (Å²) in [5.74, 6) is -3.96. The van der Waals surface area contributed by atoms with Crippen molar-refractivity contribution in [3.8, 4) is 0 Å². The molecule has 1 aromatic carbocycles. The van der Waals surface area contributed by atoms with Crippen LogP contribution in [-0.2, 0) is 0 Å². The van der Waals surface area contributed by atoms with E-state index in [2.05, 4.69) is 5.32 Å².